The summed E-state index contributed by atoms with van der Waals surface area (Å²) in [6.45, 7) is 0.684. The minimum absolute atomic E-state index is 0.0178. The first-order valence-corrected chi connectivity index (χ1v) is 16.2. The van der Waals surface area contributed by atoms with E-state index in [0.29, 0.717) is 0 Å². The molecule has 0 spiro atoms. The number of phenolic OH excluding ortho intramolecular Hbond substituents is 2. The largest absolute Gasteiger partial charge is 0.507 e. The number of ketones is 2. The average Bonchev–Trinajstić information content (AvgIpc) is 3.08. The number of aliphatic hydroxyl groups is 3. The van der Waals surface area contributed by atoms with Crippen LogP contribution in [-0.2, 0) is 15.9 Å². The quantitative estimate of drug-likeness (QED) is 0.0827. The summed E-state index contributed by atoms with van der Waals surface area (Å²) in [7, 11) is 1.32. The first-order chi connectivity index (χ1) is 23.7. The molecule has 16 heteroatoms. The lowest BCUT2D eigenvalue weighted by molar-refractivity contribution is -0.245. The number of amides is 1. The Morgan fingerprint density at radius 1 is 1.10 bits per heavy atom. The second kappa shape index (κ2) is 13.5. The summed E-state index contributed by atoms with van der Waals surface area (Å²) in [6, 6.07) is 7.66. The summed E-state index contributed by atoms with van der Waals surface area (Å²) in [6.07, 6.45) is -5.31. The van der Waals surface area contributed by atoms with Gasteiger partial charge in [-0.3, -0.25) is 14.4 Å². The van der Waals surface area contributed by atoms with Crippen molar-refractivity contribution in [1.29, 1.82) is 0 Å². The molecule has 1 fully saturated rings. The van der Waals surface area contributed by atoms with E-state index in [1.165, 1.54) is 43.5 Å². The normalized spacial score (nSPS) is 26.2. The Hall–Kier alpha value is -4.12. The maximum absolute atomic E-state index is 13.9. The van der Waals surface area contributed by atoms with Gasteiger partial charge in [0.25, 0.3) is 5.91 Å². The van der Waals surface area contributed by atoms with Crippen LogP contribution in [0.3, 0.4) is 0 Å². The predicted molar refractivity (Wildman–Crippen MR) is 178 cm³/mol. The van der Waals surface area contributed by atoms with Crippen molar-refractivity contribution in [2.45, 2.75) is 62.4 Å². The number of methoxy groups -OCH3 is 1. The van der Waals surface area contributed by atoms with Crippen LogP contribution in [0.4, 0.5) is 0 Å². The first-order valence-electron chi connectivity index (χ1n) is 15.5. The number of hydrogen-bond acceptors (Lipinski definition) is 13. The van der Waals surface area contributed by atoms with E-state index < -0.39 is 95.8 Å². The Balaban J connectivity index is 1.46. The van der Waals surface area contributed by atoms with E-state index in [9.17, 15) is 39.9 Å². The van der Waals surface area contributed by atoms with Crippen LogP contribution >= 0.6 is 23.2 Å². The number of hydrogen-bond donors (Lipinski definition) is 7. The van der Waals surface area contributed by atoms with Gasteiger partial charge < -0.3 is 45.5 Å². The molecule has 0 radical (unpaired) electrons. The van der Waals surface area contributed by atoms with E-state index in [4.69, 9.17) is 43.1 Å². The highest BCUT2D eigenvalue weighted by Gasteiger charge is 2.49. The average molecular weight is 731 g/mol. The summed E-state index contributed by atoms with van der Waals surface area (Å²) in [5, 5.41) is 60.7. The minimum atomic E-state index is -2.18. The molecule has 8 N–H and O–H groups in total. The minimum Gasteiger partial charge on any atom is -0.507 e. The Morgan fingerprint density at radius 2 is 1.82 bits per heavy atom. The lowest BCUT2D eigenvalue weighted by atomic mass is 9.71. The van der Waals surface area contributed by atoms with E-state index >= 15 is 0 Å². The summed E-state index contributed by atoms with van der Waals surface area (Å²) in [4.78, 5) is 40.7. The lowest BCUT2D eigenvalue weighted by Gasteiger charge is -2.43. The molecule has 3 aromatic carbocycles. The van der Waals surface area contributed by atoms with Gasteiger partial charge in [0.15, 0.2) is 12.1 Å². The number of carbonyl (C=O) groups is 3. The molecule has 4 unspecified atom stereocenters. The van der Waals surface area contributed by atoms with E-state index in [-0.39, 0.29) is 55.7 Å². The summed E-state index contributed by atoms with van der Waals surface area (Å²) >= 11 is 12.0. The van der Waals surface area contributed by atoms with Crippen LogP contribution in [0, 0.1) is 0 Å². The number of halogens is 2. The Bertz CT molecular complexity index is 1940. The lowest BCUT2D eigenvalue weighted by Crippen LogP contribution is -2.53. The molecule has 6 rings (SSSR count). The Kier molecular flexibility index (Phi) is 9.67. The van der Waals surface area contributed by atoms with Crippen LogP contribution in [0.1, 0.15) is 79.2 Å². The van der Waals surface area contributed by atoms with Crippen LogP contribution in [0.25, 0.3) is 0 Å². The third-order valence-corrected chi connectivity index (χ3v) is 10.0. The van der Waals surface area contributed by atoms with Crippen molar-refractivity contribution < 1.29 is 54.1 Å². The van der Waals surface area contributed by atoms with Crippen LogP contribution in [-0.4, -0.2) is 92.6 Å². The number of nitrogens with zero attached hydrogens (tertiary/aromatic N) is 1. The fourth-order valence-electron chi connectivity index (χ4n) is 6.72. The molecule has 1 heterocycles. The number of aromatic hydroxyl groups is 2. The molecule has 0 aromatic heterocycles. The number of fused-ring (bicyclic) bond motifs is 3. The van der Waals surface area contributed by atoms with Gasteiger partial charge >= 0.3 is 0 Å². The number of ether oxygens (including phenoxy) is 3. The maximum atomic E-state index is 13.9. The molecule has 1 amide bonds. The topological polar surface area (TPSA) is 230 Å². The van der Waals surface area contributed by atoms with Crippen molar-refractivity contribution in [3.05, 3.63) is 85.4 Å². The summed E-state index contributed by atoms with van der Waals surface area (Å²) in [5.41, 5.74) is 4.41. The third-order valence-electron chi connectivity index (χ3n) is 9.30. The molecule has 264 valence electrons. The highest BCUT2D eigenvalue weighted by molar-refractivity contribution is 6.42. The van der Waals surface area contributed by atoms with Gasteiger partial charge in [-0.15, -0.1) is 0 Å². The van der Waals surface area contributed by atoms with Crippen LogP contribution in [0.2, 0.25) is 10.0 Å². The molecule has 6 atom stereocenters. The third kappa shape index (κ3) is 6.01. The number of nitrogens with one attached hydrogen (secondary N) is 1. The van der Waals surface area contributed by atoms with Crippen molar-refractivity contribution in [2.24, 2.45) is 10.8 Å². The molecule has 14 nitrogen and oxygen atoms in total. The zero-order valence-electron chi connectivity index (χ0n) is 26.6. The standard InChI is InChI=1S/C34H33Cl2N3O11/c1-13-28(41)19(37)9-23(49-13)50-21-11-34(47,22(12-40)38-39-33(46)14-6-7-17(35)18(36)8-14)10-16-25(21)32(45)27-26(30(16)43)29(42)15-4-3-5-20(48-2)24(15)31(27)44/h3-8,13,19,21,23,28,40-41,43,45,47H,9-12,37H2,1-2H3,(H,39,46)/t13?,19?,21-,23?,28?,34-/m0/s1. The number of aliphatic hydroxyl groups excluding tert-OH is 2. The molecule has 0 bridgehead atoms. The second-order valence-corrected chi connectivity index (χ2v) is 13.2. The highest BCUT2D eigenvalue weighted by Crippen LogP contribution is 2.52. The molecule has 3 aromatic rings. The molecular formula is C34H33Cl2N3O11. The SMILES string of the molecule is COc1cccc2c1C(=O)c1c(O)c3c(c(O)c1C2=O)C[C@@](O)(C(CO)=NNC(=O)c1ccc(Cl)c(Cl)c1)C[C@@H]3OC1CC(N)C(O)C(C)O1. The Labute approximate surface area is 295 Å². The summed E-state index contributed by atoms with van der Waals surface area (Å²) in [5.74, 6) is -3.66. The number of rotatable bonds is 7. The number of benzene rings is 3. The van der Waals surface area contributed by atoms with E-state index in [1.807, 2.05) is 0 Å². The fraction of sp³-hybridized carbons (Fsp3) is 0.353. The molecule has 3 aliphatic rings. The van der Waals surface area contributed by atoms with Gasteiger partial charge in [-0.05, 0) is 31.2 Å². The number of carbonyl (C=O) groups excluding carboxylic acids is 3. The van der Waals surface area contributed by atoms with Gasteiger partial charge in [-0.1, -0.05) is 35.3 Å². The molecule has 1 aliphatic heterocycles. The van der Waals surface area contributed by atoms with Crippen LogP contribution in [0.15, 0.2) is 41.5 Å². The van der Waals surface area contributed by atoms with Gasteiger partial charge in [0.05, 0.1) is 64.5 Å². The van der Waals surface area contributed by atoms with E-state index in [1.54, 1.807) is 6.92 Å². The van der Waals surface area contributed by atoms with Crippen molar-refractivity contribution in [2.75, 3.05) is 13.7 Å². The zero-order valence-corrected chi connectivity index (χ0v) is 28.2. The number of nitrogens with two attached hydrogens (primary N) is 1. The van der Waals surface area contributed by atoms with E-state index in [0.717, 1.165) is 0 Å². The van der Waals surface area contributed by atoms with Crippen molar-refractivity contribution in [3.63, 3.8) is 0 Å². The van der Waals surface area contributed by atoms with Crippen molar-refractivity contribution in [3.8, 4) is 17.2 Å². The predicted octanol–water partition coefficient (Wildman–Crippen LogP) is 2.52. The molecule has 1 saturated heterocycles. The van der Waals surface area contributed by atoms with Gasteiger partial charge in [0.2, 0.25) is 5.78 Å². The smallest absolute Gasteiger partial charge is 0.271 e. The van der Waals surface area contributed by atoms with E-state index in [2.05, 4.69) is 10.5 Å². The molecule has 0 saturated carbocycles. The van der Waals surface area contributed by atoms with Gasteiger partial charge in [0, 0.05) is 47.6 Å². The monoisotopic (exact) mass is 729 g/mol. The first kappa shape index (κ1) is 35.7. The van der Waals surface area contributed by atoms with Crippen molar-refractivity contribution >= 4 is 46.4 Å². The van der Waals surface area contributed by atoms with Crippen LogP contribution < -0.4 is 15.9 Å². The Morgan fingerprint density at radius 3 is 2.48 bits per heavy atom. The highest BCUT2D eigenvalue weighted by atomic mass is 35.5. The molecule has 2 aliphatic carbocycles. The van der Waals surface area contributed by atoms with Gasteiger partial charge in [-0.2, -0.15) is 5.10 Å². The molecular weight excluding hydrogens is 697 g/mol. The van der Waals surface area contributed by atoms with Gasteiger partial charge in [-0.25, -0.2) is 5.43 Å². The fourth-order valence-corrected chi connectivity index (χ4v) is 7.02. The van der Waals surface area contributed by atoms with Crippen molar-refractivity contribution in [1.82, 2.24) is 5.43 Å². The summed E-state index contributed by atoms with van der Waals surface area (Å²) < 4.78 is 17.4. The second-order valence-electron chi connectivity index (χ2n) is 12.4. The maximum Gasteiger partial charge on any atom is 0.271 e. The molecule has 50 heavy (non-hydrogen) atoms. The number of phenols is 2. The van der Waals surface area contributed by atoms with Crippen LogP contribution in [0.5, 0.6) is 17.2 Å². The number of hydrazone groups is 1. The van der Waals surface area contributed by atoms with Gasteiger partial charge in [0.1, 0.15) is 22.8 Å². The zero-order chi connectivity index (χ0) is 36.2.